The van der Waals surface area contributed by atoms with E-state index < -0.39 is 0 Å². The number of rotatable bonds is 3. The molecule has 3 heteroatoms. The maximum Gasteiger partial charge on any atom is 0.0684 e. The van der Waals surface area contributed by atoms with Crippen LogP contribution in [0.4, 0.5) is 0 Å². The van der Waals surface area contributed by atoms with E-state index in [0.717, 1.165) is 13.0 Å². The standard InChI is InChI=1S/C18H21N3/c1-4-11-21(12-5-1)13-9-17-18-15(8-10-19-17)14-6-2-3-7-16(14)20-18/h2-3,6-8,10,20H,1,4-5,9,11-13H2. The first-order valence-corrected chi connectivity index (χ1v) is 7.98. The summed E-state index contributed by atoms with van der Waals surface area (Å²) in [5, 5.41) is 2.60. The second-order valence-electron chi connectivity index (χ2n) is 6.00. The minimum Gasteiger partial charge on any atom is -0.353 e. The minimum absolute atomic E-state index is 1.03. The van der Waals surface area contributed by atoms with Gasteiger partial charge in [-0.1, -0.05) is 24.6 Å². The summed E-state index contributed by atoms with van der Waals surface area (Å²) in [7, 11) is 0. The normalized spacial score (nSPS) is 16.8. The van der Waals surface area contributed by atoms with Crippen molar-refractivity contribution < 1.29 is 0 Å². The summed E-state index contributed by atoms with van der Waals surface area (Å²) in [4.78, 5) is 10.8. The Bertz CT molecular complexity index is 753. The summed E-state index contributed by atoms with van der Waals surface area (Å²) in [6.45, 7) is 3.63. The van der Waals surface area contributed by atoms with Crippen LogP contribution in [0.15, 0.2) is 36.5 Å². The largest absolute Gasteiger partial charge is 0.353 e. The van der Waals surface area contributed by atoms with Crippen LogP contribution in [0.1, 0.15) is 25.0 Å². The summed E-state index contributed by atoms with van der Waals surface area (Å²) in [5.41, 5.74) is 3.63. The van der Waals surface area contributed by atoms with E-state index in [2.05, 4.69) is 45.2 Å². The van der Waals surface area contributed by atoms with Crippen molar-refractivity contribution in [2.75, 3.05) is 19.6 Å². The maximum absolute atomic E-state index is 4.63. The van der Waals surface area contributed by atoms with E-state index in [1.165, 1.54) is 59.9 Å². The molecule has 0 radical (unpaired) electrons. The predicted molar refractivity (Wildman–Crippen MR) is 87.6 cm³/mol. The number of aromatic nitrogens is 2. The molecule has 4 rings (SSSR count). The SMILES string of the molecule is c1ccc2c(c1)[nH]c1c(CCN3CCCCC3)nccc12. The Morgan fingerprint density at radius 2 is 1.86 bits per heavy atom. The molecule has 0 unspecified atom stereocenters. The molecule has 0 spiro atoms. The molecule has 1 fully saturated rings. The topological polar surface area (TPSA) is 31.9 Å². The lowest BCUT2D eigenvalue weighted by molar-refractivity contribution is 0.231. The first-order valence-electron chi connectivity index (χ1n) is 7.98. The van der Waals surface area contributed by atoms with Crippen molar-refractivity contribution in [3.8, 4) is 0 Å². The molecule has 1 aliphatic rings. The number of nitrogens with one attached hydrogen (secondary N) is 1. The Morgan fingerprint density at radius 3 is 2.76 bits per heavy atom. The van der Waals surface area contributed by atoms with E-state index in [9.17, 15) is 0 Å². The van der Waals surface area contributed by atoms with Crippen molar-refractivity contribution in [2.24, 2.45) is 0 Å². The van der Waals surface area contributed by atoms with Crippen LogP contribution in [-0.4, -0.2) is 34.5 Å². The van der Waals surface area contributed by atoms with Gasteiger partial charge in [-0.2, -0.15) is 0 Å². The second kappa shape index (κ2) is 5.49. The predicted octanol–water partition coefficient (Wildman–Crippen LogP) is 3.74. The Labute approximate surface area is 125 Å². The molecule has 0 aliphatic carbocycles. The van der Waals surface area contributed by atoms with Crippen LogP contribution in [-0.2, 0) is 6.42 Å². The van der Waals surface area contributed by atoms with E-state index in [-0.39, 0.29) is 0 Å². The first-order chi connectivity index (χ1) is 10.4. The maximum atomic E-state index is 4.63. The van der Waals surface area contributed by atoms with Crippen molar-refractivity contribution in [1.29, 1.82) is 0 Å². The number of benzene rings is 1. The third-order valence-corrected chi connectivity index (χ3v) is 4.62. The van der Waals surface area contributed by atoms with Crippen LogP contribution in [0.3, 0.4) is 0 Å². The quantitative estimate of drug-likeness (QED) is 0.792. The number of fused-ring (bicyclic) bond motifs is 3. The summed E-state index contributed by atoms with van der Waals surface area (Å²) in [6, 6.07) is 10.6. The van der Waals surface area contributed by atoms with Crippen LogP contribution < -0.4 is 0 Å². The molecule has 0 atom stereocenters. The summed E-state index contributed by atoms with van der Waals surface area (Å²) in [6.07, 6.45) is 7.08. The molecule has 1 N–H and O–H groups in total. The van der Waals surface area contributed by atoms with E-state index in [1.807, 2.05) is 6.20 Å². The highest BCUT2D eigenvalue weighted by atomic mass is 15.1. The van der Waals surface area contributed by atoms with Crippen LogP contribution in [0.25, 0.3) is 21.8 Å². The van der Waals surface area contributed by atoms with Crippen molar-refractivity contribution in [1.82, 2.24) is 14.9 Å². The number of nitrogens with zero attached hydrogens (tertiary/aromatic N) is 2. The molecule has 0 bridgehead atoms. The molecule has 1 aromatic carbocycles. The minimum atomic E-state index is 1.03. The molecule has 3 nitrogen and oxygen atoms in total. The second-order valence-corrected chi connectivity index (χ2v) is 6.00. The van der Waals surface area contributed by atoms with Gasteiger partial charge in [0.2, 0.25) is 0 Å². The van der Waals surface area contributed by atoms with Crippen LogP contribution in [0, 0.1) is 0 Å². The van der Waals surface area contributed by atoms with Gasteiger partial charge in [-0.05, 0) is 38.1 Å². The third-order valence-electron chi connectivity index (χ3n) is 4.62. The molecule has 1 aliphatic heterocycles. The Balaban J connectivity index is 1.65. The first kappa shape index (κ1) is 12.8. The average Bonchev–Trinajstić information content (AvgIpc) is 2.93. The Kier molecular flexibility index (Phi) is 3.36. The van der Waals surface area contributed by atoms with Gasteiger partial charge in [-0.3, -0.25) is 4.98 Å². The molecular weight excluding hydrogens is 258 g/mol. The van der Waals surface area contributed by atoms with Crippen LogP contribution >= 0.6 is 0 Å². The summed E-state index contributed by atoms with van der Waals surface area (Å²) in [5.74, 6) is 0. The molecule has 2 aromatic heterocycles. The zero-order valence-electron chi connectivity index (χ0n) is 12.3. The lowest BCUT2D eigenvalue weighted by atomic mass is 10.1. The molecule has 3 aromatic rings. The average molecular weight is 279 g/mol. The number of hydrogen-bond acceptors (Lipinski definition) is 2. The molecule has 21 heavy (non-hydrogen) atoms. The number of para-hydroxylation sites is 1. The van der Waals surface area contributed by atoms with Crippen molar-refractivity contribution in [3.05, 3.63) is 42.2 Å². The number of aromatic amines is 1. The van der Waals surface area contributed by atoms with Gasteiger partial charge >= 0.3 is 0 Å². The smallest absolute Gasteiger partial charge is 0.0684 e. The lowest BCUT2D eigenvalue weighted by Crippen LogP contribution is -2.31. The summed E-state index contributed by atoms with van der Waals surface area (Å²) < 4.78 is 0. The zero-order valence-corrected chi connectivity index (χ0v) is 12.3. The highest BCUT2D eigenvalue weighted by molar-refractivity contribution is 6.07. The molecule has 108 valence electrons. The van der Waals surface area contributed by atoms with E-state index >= 15 is 0 Å². The molecule has 1 saturated heterocycles. The Morgan fingerprint density at radius 1 is 1.00 bits per heavy atom. The number of likely N-dealkylation sites (tertiary alicyclic amines) is 1. The van der Waals surface area contributed by atoms with Crippen molar-refractivity contribution in [3.63, 3.8) is 0 Å². The van der Waals surface area contributed by atoms with Crippen molar-refractivity contribution >= 4 is 21.8 Å². The fourth-order valence-electron chi connectivity index (χ4n) is 3.47. The van der Waals surface area contributed by atoms with Crippen LogP contribution in [0.2, 0.25) is 0 Å². The molecule has 0 amide bonds. The highest BCUT2D eigenvalue weighted by Crippen LogP contribution is 2.26. The molecule has 3 heterocycles. The van der Waals surface area contributed by atoms with Gasteiger partial charge in [0.1, 0.15) is 0 Å². The van der Waals surface area contributed by atoms with Gasteiger partial charge in [-0.15, -0.1) is 0 Å². The highest BCUT2D eigenvalue weighted by Gasteiger charge is 2.12. The zero-order chi connectivity index (χ0) is 14.1. The van der Waals surface area contributed by atoms with Gasteiger partial charge in [0.15, 0.2) is 0 Å². The molecule has 0 saturated carbocycles. The number of pyridine rings is 1. The fourth-order valence-corrected chi connectivity index (χ4v) is 3.47. The fraction of sp³-hybridized carbons (Fsp3) is 0.389. The number of H-pyrrole nitrogens is 1. The van der Waals surface area contributed by atoms with Crippen LogP contribution in [0.5, 0.6) is 0 Å². The number of piperidine rings is 1. The number of hydrogen-bond donors (Lipinski definition) is 1. The summed E-state index contributed by atoms with van der Waals surface area (Å²) >= 11 is 0. The van der Waals surface area contributed by atoms with E-state index in [1.54, 1.807) is 0 Å². The Hall–Kier alpha value is -1.87. The third kappa shape index (κ3) is 2.42. The monoisotopic (exact) mass is 279 g/mol. The van der Waals surface area contributed by atoms with Crippen molar-refractivity contribution in [2.45, 2.75) is 25.7 Å². The molecular formula is C18H21N3. The van der Waals surface area contributed by atoms with Gasteiger partial charge in [0, 0.05) is 35.5 Å². The van der Waals surface area contributed by atoms with E-state index in [4.69, 9.17) is 0 Å². The van der Waals surface area contributed by atoms with E-state index in [0.29, 0.717) is 0 Å². The lowest BCUT2D eigenvalue weighted by Gasteiger charge is -2.26. The van der Waals surface area contributed by atoms with Gasteiger partial charge in [-0.25, -0.2) is 0 Å². The van der Waals surface area contributed by atoms with Gasteiger partial charge < -0.3 is 9.88 Å². The van der Waals surface area contributed by atoms with Gasteiger partial charge in [0.25, 0.3) is 0 Å². The van der Waals surface area contributed by atoms with Gasteiger partial charge in [0.05, 0.1) is 11.2 Å².